The molecule has 114 valence electrons. The van der Waals surface area contributed by atoms with Crippen molar-refractivity contribution < 1.29 is 9.47 Å². The van der Waals surface area contributed by atoms with E-state index in [9.17, 15) is 0 Å². The van der Waals surface area contributed by atoms with Crippen LogP contribution in [0.1, 0.15) is 33.1 Å². The van der Waals surface area contributed by atoms with Gasteiger partial charge in [-0.25, -0.2) is 0 Å². The third-order valence-corrected chi connectivity index (χ3v) is 3.72. The zero-order chi connectivity index (χ0) is 14.1. The Morgan fingerprint density at radius 1 is 1.26 bits per heavy atom. The Hall–Kier alpha value is -0.160. The second kappa shape index (κ2) is 9.70. The molecule has 0 aliphatic carbocycles. The molecule has 1 fully saturated rings. The van der Waals surface area contributed by atoms with E-state index in [2.05, 4.69) is 31.1 Å². The number of hydrogen-bond donors (Lipinski definition) is 1. The van der Waals surface area contributed by atoms with Gasteiger partial charge in [0.05, 0.1) is 19.3 Å². The molecule has 4 nitrogen and oxygen atoms in total. The van der Waals surface area contributed by atoms with Crippen LogP contribution in [0.25, 0.3) is 0 Å². The molecule has 2 unspecified atom stereocenters. The van der Waals surface area contributed by atoms with Crippen molar-refractivity contribution in [1.29, 1.82) is 0 Å². The molecule has 0 bridgehead atoms. The fourth-order valence-electron chi connectivity index (χ4n) is 2.49. The summed E-state index contributed by atoms with van der Waals surface area (Å²) in [6.45, 7) is 9.05. The molecule has 4 heteroatoms. The van der Waals surface area contributed by atoms with Crippen LogP contribution in [-0.2, 0) is 9.47 Å². The standard InChI is InChI=1S/C15H32N2O2/c1-13(2)9-16-10-15(12-18-4)19-11-14-7-5-6-8-17(14)3/h13-16H,5-12H2,1-4H3. The van der Waals surface area contributed by atoms with Crippen LogP contribution in [0.3, 0.4) is 0 Å². The fourth-order valence-corrected chi connectivity index (χ4v) is 2.49. The van der Waals surface area contributed by atoms with E-state index in [1.165, 1.54) is 25.8 Å². The summed E-state index contributed by atoms with van der Waals surface area (Å²) >= 11 is 0. The summed E-state index contributed by atoms with van der Waals surface area (Å²) in [5.41, 5.74) is 0. The summed E-state index contributed by atoms with van der Waals surface area (Å²) in [6.07, 6.45) is 4.08. The van der Waals surface area contributed by atoms with Crippen LogP contribution in [0.2, 0.25) is 0 Å². The molecule has 0 saturated carbocycles. The van der Waals surface area contributed by atoms with Crippen LogP contribution >= 0.6 is 0 Å². The highest BCUT2D eigenvalue weighted by molar-refractivity contribution is 4.74. The molecular formula is C15H32N2O2. The molecule has 1 N–H and O–H groups in total. The third kappa shape index (κ3) is 7.25. The molecule has 0 aromatic heterocycles. The lowest BCUT2D eigenvalue weighted by molar-refractivity contribution is -0.0299. The maximum Gasteiger partial charge on any atom is 0.0933 e. The van der Waals surface area contributed by atoms with Gasteiger partial charge in [0.1, 0.15) is 0 Å². The summed E-state index contributed by atoms with van der Waals surface area (Å²) in [7, 11) is 3.95. The molecule has 1 aliphatic heterocycles. The largest absolute Gasteiger partial charge is 0.382 e. The smallest absolute Gasteiger partial charge is 0.0933 e. The van der Waals surface area contributed by atoms with Crippen molar-refractivity contribution in [1.82, 2.24) is 10.2 Å². The maximum absolute atomic E-state index is 6.05. The normalized spacial score (nSPS) is 22.9. The second-order valence-electron chi connectivity index (χ2n) is 6.09. The summed E-state index contributed by atoms with van der Waals surface area (Å²) in [5.74, 6) is 0.674. The number of rotatable bonds is 9. The van der Waals surface area contributed by atoms with E-state index in [0.717, 1.165) is 19.7 Å². The highest BCUT2D eigenvalue weighted by Crippen LogP contribution is 2.15. The monoisotopic (exact) mass is 272 g/mol. The summed E-state index contributed by atoms with van der Waals surface area (Å²) in [6, 6.07) is 0.582. The zero-order valence-corrected chi connectivity index (χ0v) is 13.2. The lowest BCUT2D eigenvalue weighted by Crippen LogP contribution is -2.42. The first kappa shape index (κ1) is 16.9. The molecular weight excluding hydrogens is 240 g/mol. The molecule has 0 aromatic carbocycles. The van der Waals surface area contributed by atoms with E-state index in [0.29, 0.717) is 18.6 Å². The minimum Gasteiger partial charge on any atom is -0.382 e. The van der Waals surface area contributed by atoms with Gasteiger partial charge in [0.2, 0.25) is 0 Å². The van der Waals surface area contributed by atoms with Gasteiger partial charge in [-0.05, 0) is 38.9 Å². The highest BCUT2D eigenvalue weighted by atomic mass is 16.5. The molecule has 19 heavy (non-hydrogen) atoms. The molecule has 2 atom stereocenters. The molecule has 1 rings (SSSR count). The first-order chi connectivity index (χ1) is 9.13. The van der Waals surface area contributed by atoms with Crippen molar-refractivity contribution in [3.63, 3.8) is 0 Å². The number of methoxy groups -OCH3 is 1. The average Bonchev–Trinajstić information content (AvgIpc) is 2.37. The molecule has 1 saturated heterocycles. The third-order valence-electron chi connectivity index (χ3n) is 3.72. The van der Waals surface area contributed by atoms with E-state index in [-0.39, 0.29) is 6.10 Å². The SMILES string of the molecule is COCC(CNCC(C)C)OCC1CCCCN1C. The Bertz CT molecular complexity index is 224. The highest BCUT2D eigenvalue weighted by Gasteiger charge is 2.20. The van der Waals surface area contributed by atoms with Crippen LogP contribution in [-0.4, -0.2) is 64.1 Å². The van der Waals surface area contributed by atoms with Gasteiger partial charge in [0.15, 0.2) is 0 Å². The first-order valence-corrected chi connectivity index (χ1v) is 7.65. The van der Waals surface area contributed by atoms with E-state index < -0.39 is 0 Å². The van der Waals surface area contributed by atoms with Gasteiger partial charge in [-0.2, -0.15) is 0 Å². The Labute approximate surface area is 118 Å². The first-order valence-electron chi connectivity index (χ1n) is 7.65. The van der Waals surface area contributed by atoms with Crippen molar-refractivity contribution in [2.24, 2.45) is 5.92 Å². The zero-order valence-electron chi connectivity index (χ0n) is 13.2. The number of piperidine rings is 1. The minimum absolute atomic E-state index is 0.166. The average molecular weight is 272 g/mol. The van der Waals surface area contributed by atoms with E-state index in [4.69, 9.17) is 9.47 Å². The Morgan fingerprint density at radius 3 is 2.68 bits per heavy atom. The van der Waals surface area contributed by atoms with Gasteiger partial charge < -0.3 is 19.7 Å². The van der Waals surface area contributed by atoms with Gasteiger partial charge in [-0.1, -0.05) is 20.3 Å². The van der Waals surface area contributed by atoms with E-state index >= 15 is 0 Å². The number of likely N-dealkylation sites (N-methyl/N-ethyl adjacent to an activating group) is 1. The summed E-state index contributed by atoms with van der Waals surface area (Å²) in [4.78, 5) is 2.43. The summed E-state index contributed by atoms with van der Waals surface area (Å²) in [5, 5.41) is 3.45. The molecule has 0 amide bonds. The molecule has 0 aromatic rings. The number of nitrogens with zero attached hydrogens (tertiary/aromatic N) is 1. The predicted molar refractivity (Wildman–Crippen MR) is 79.6 cm³/mol. The van der Waals surface area contributed by atoms with Crippen LogP contribution < -0.4 is 5.32 Å². The van der Waals surface area contributed by atoms with Crippen LogP contribution in [0.5, 0.6) is 0 Å². The number of likely N-dealkylation sites (tertiary alicyclic amines) is 1. The van der Waals surface area contributed by atoms with Crippen LogP contribution in [0, 0.1) is 5.92 Å². The molecule has 0 spiro atoms. The van der Waals surface area contributed by atoms with E-state index in [1.807, 2.05) is 0 Å². The molecule has 1 heterocycles. The van der Waals surface area contributed by atoms with Crippen molar-refractivity contribution in [2.45, 2.75) is 45.3 Å². The van der Waals surface area contributed by atoms with Gasteiger partial charge in [0, 0.05) is 19.7 Å². The molecule has 0 radical (unpaired) electrons. The number of ether oxygens (including phenoxy) is 2. The van der Waals surface area contributed by atoms with Crippen molar-refractivity contribution >= 4 is 0 Å². The lowest BCUT2D eigenvalue weighted by atomic mass is 10.0. The van der Waals surface area contributed by atoms with Crippen LogP contribution in [0.15, 0.2) is 0 Å². The van der Waals surface area contributed by atoms with Crippen LogP contribution in [0.4, 0.5) is 0 Å². The number of hydrogen-bond acceptors (Lipinski definition) is 4. The lowest BCUT2D eigenvalue weighted by Gasteiger charge is -2.33. The number of nitrogens with one attached hydrogen (secondary N) is 1. The van der Waals surface area contributed by atoms with Gasteiger partial charge >= 0.3 is 0 Å². The Balaban J connectivity index is 2.23. The van der Waals surface area contributed by atoms with E-state index in [1.54, 1.807) is 7.11 Å². The minimum atomic E-state index is 0.166. The summed E-state index contributed by atoms with van der Waals surface area (Å²) < 4.78 is 11.3. The van der Waals surface area contributed by atoms with Gasteiger partial charge in [-0.3, -0.25) is 0 Å². The van der Waals surface area contributed by atoms with Gasteiger partial charge in [0.25, 0.3) is 0 Å². The fraction of sp³-hybridized carbons (Fsp3) is 1.00. The predicted octanol–water partition coefficient (Wildman–Crippen LogP) is 1.75. The van der Waals surface area contributed by atoms with Crippen molar-refractivity contribution in [3.8, 4) is 0 Å². The Morgan fingerprint density at radius 2 is 2.05 bits per heavy atom. The van der Waals surface area contributed by atoms with Crippen molar-refractivity contribution in [3.05, 3.63) is 0 Å². The van der Waals surface area contributed by atoms with Crippen molar-refractivity contribution in [2.75, 3.05) is 47.0 Å². The van der Waals surface area contributed by atoms with Gasteiger partial charge in [-0.15, -0.1) is 0 Å². The second-order valence-corrected chi connectivity index (χ2v) is 6.09. The Kier molecular flexibility index (Phi) is 8.62. The molecule has 1 aliphatic rings. The quantitative estimate of drug-likeness (QED) is 0.693. The topological polar surface area (TPSA) is 33.7 Å². The maximum atomic E-state index is 6.05.